The number of fused-ring (bicyclic) bond motifs is 1. The fourth-order valence-electron chi connectivity index (χ4n) is 2.55. The van der Waals surface area contributed by atoms with Gasteiger partial charge in [0.05, 0.1) is 12.1 Å². The summed E-state index contributed by atoms with van der Waals surface area (Å²) >= 11 is 9.54. The maximum atomic E-state index is 12.2. The molecule has 0 saturated carbocycles. The summed E-state index contributed by atoms with van der Waals surface area (Å²) in [6, 6.07) is 11.2. The molecule has 0 aliphatic rings. The molecule has 0 fully saturated rings. The van der Waals surface area contributed by atoms with Gasteiger partial charge < -0.3 is 5.32 Å². The number of rotatable bonds is 5. The van der Waals surface area contributed by atoms with Crippen LogP contribution in [0, 0.1) is 0 Å². The van der Waals surface area contributed by atoms with Crippen molar-refractivity contribution in [2.24, 2.45) is 0 Å². The number of amides is 1. The highest BCUT2D eigenvalue weighted by atomic mass is 79.9. The van der Waals surface area contributed by atoms with Gasteiger partial charge >= 0.3 is 0 Å². The van der Waals surface area contributed by atoms with Crippen LogP contribution in [0.4, 0.5) is 5.82 Å². The predicted octanol–water partition coefficient (Wildman–Crippen LogP) is 4.12. The van der Waals surface area contributed by atoms with Crippen molar-refractivity contribution in [3.63, 3.8) is 0 Å². The number of hydrogen-bond donors (Lipinski definition) is 1. The molecule has 0 bridgehead atoms. The number of halogens is 2. The maximum absolute atomic E-state index is 12.2. The third-order valence-corrected chi connectivity index (χ3v) is 4.45. The second-order valence-electron chi connectivity index (χ2n) is 5.69. The normalized spacial score (nSPS) is 11.0. The molecule has 128 valence electrons. The monoisotopic (exact) mass is 418 g/mol. The topological polar surface area (TPSA) is 58.1 Å². The average Bonchev–Trinajstić information content (AvgIpc) is 2.59. The number of hydrogen-bond acceptors (Lipinski definition) is 4. The Morgan fingerprint density at radius 1 is 1.24 bits per heavy atom. The lowest BCUT2D eigenvalue weighted by molar-refractivity contribution is -0.117. The molecule has 3 rings (SSSR count). The lowest BCUT2D eigenvalue weighted by Gasteiger charge is -2.17. The van der Waals surface area contributed by atoms with Gasteiger partial charge in [-0.05, 0) is 58.9 Å². The van der Waals surface area contributed by atoms with Gasteiger partial charge in [-0.15, -0.1) is 0 Å². The van der Waals surface area contributed by atoms with E-state index in [-0.39, 0.29) is 12.5 Å². The fraction of sp³-hybridized carbons (Fsp3) is 0.167. The van der Waals surface area contributed by atoms with E-state index in [9.17, 15) is 4.79 Å². The lowest BCUT2D eigenvalue weighted by atomic mass is 10.1. The highest BCUT2D eigenvalue weighted by molar-refractivity contribution is 9.10. The predicted molar refractivity (Wildman–Crippen MR) is 104 cm³/mol. The molecule has 0 aliphatic heterocycles. The quantitative estimate of drug-likeness (QED) is 0.676. The number of carbonyl (C=O) groups excluding carboxylic acids is 1. The van der Waals surface area contributed by atoms with Gasteiger partial charge in [-0.2, -0.15) is 0 Å². The number of aromatic nitrogens is 2. The van der Waals surface area contributed by atoms with Crippen LogP contribution in [-0.2, 0) is 11.3 Å². The molecule has 7 heteroatoms. The molecule has 3 aromatic rings. The summed E-state index contributed by atoms with van der Waals surface area (Å²) in [5.41, 5.74) is 1.88. The molecule has 25 heavy (non-hydrogen) atoms. The SMILES string of the molecule is CN(CC(=O)Nc1ccc(Br)cn1)Cc1ccc(Cl)c2cccnc12. The number of pyridine rings is 2. The van der Waals surface area contributed by atoms with Gasteiger partial charge in [0.15, 0.2) is 0 Å². The number of anilines is 1. The van der Waals surface area contributed by atoms with Gasteiger partial charge in [-0.3, -0.25) is 14.7 Å². The van der Waals surface area contributed by atoms with Crippen LogP contribution in [0.3, 0.4) is 0 Å². The minimum atomic E-state index is -0.122. The molecular weight excluding hydrogens is 404 g/mol. The van der Waals surface area contributed by atoms with Gasteiger partial charge in [0.1, 0.15) is 5.82 Å². The summed E-state index contributed by atoms with van der Waals surface area (Å²) in [5.74, 6) is 0.406. The Hall–Kier alpha value is -2.02. The Morgan fingerprint density at radius 2 is 2.08 bits per heavy atom. The summed E-state index contributed by atoms with van der Waals surface area (Å²) in [6.45, 7) is 0.834. The smallest absolute Gasteiger partial charge is 0.239 e. The Kier molecular flexibility index (Phi) is 5.63. The lowest BCUT2D eigenvalue weighted by Crippen LogP contribution is -2.30. The zero-order chi connectivity index (χ0) is 17.8. The molecular formula is C18H16BrClN4O. The van der Waals surface area contributed by atoms with E-state index in [2.05, 4.69) is 31.2 Å². The average molecular weight is 420 g/mol. The minimum absolute atomic E-state index is 0.122. The molecule has 0 radical (unpaired) electrons. The highest BCUT2D eigenvalue weighted by Gasteiger charge is 2.11. The van der Waals surface area contributed by atoms with Crippen LogP contribution in [-0.4, -0.2) is 34.4 Å². The Balaban J connectivity index is 1.66. The Morgan fingerprint density at radius 3 is 2.84 bits per heavy atom. The maximum Gasteiger partial charge on any atom is 0.239 e. The van der Waals surface area contributed by atoms with Crippen LogP contribution in [0.25, 0.3) is 10.9 Å². The van der Waals surface area contributed by atoms with Crippen molar-refractivity contribution in [3.05, 3.63) is 63.9 Å². The molecule has 1 amide bonds. The molecule has 1 N–H and O–H groups in total. The number of benzene rings is 1. The Labute approximate surface area is 159 Å². The Bertz CT molecular complexity index is 901. The molecule has 0 aliphatic carbocycles. The number of carbonyl (C=O) groups is 1. The molecule has 2 aromatic heterocycles. The van der Waals surface area contributed by atoms with Crippen molar-refractivity contribution < 1.29 is 4.79 Å². The summed E-state index contributed by atoms with van der Waals surface area (Å²) in [4.78, 5) is 22.7. The number of nitrogens with zero attached hydrogens (tertiary/aromatic N) is 3. The first-order chi connectivity index (χ1) is 12.0. The first-order valence-corrected chi connectivity index (χ1v) is 8.82. The second-order valence-corrected chi connectivity index (χ2v) is 7.01. The van der Waals surface area contributed by atoms with Crippen LogP contribution >= 0.6 is 27.5 Å². The summed E-state index contributed by atoms with van der Waals surface area (Å²) in [5, 5.41) is 4.37. The van der Waals surface area contributed by atoms with Gasteiger partial charge in [-0.1, -0.05) is 17.7 Å². The molecule has 0 unspecified atom stereocenters. The number of likely N-dealkylation sites (N-methyl/N-ethyl adjacent to an activating group) is 1. The fourth-order valence-corrected chi connectivity index (χ4v) is 3.00. The van der Waals surface area contributed by atoms with E-state index in [1.807, 2.05) is 42.3 Å². The first kappa shape index (κ1) is 17.8. The second kappa shape index (κ2) is 7.91. The molecule has 0 spiro atoms. The summed E-state index contributed by atoms with van der Waals surface area (Å²) in [6.07, 6.45) is 3.39. The van der Waals surface area contributed by atoms with Crippen LogP contribution in [0.15, 0.2) is 53.3 Å². The first-order valence-electron chi connectivity index (χ1n) is 7.65. The number of nitrogens with one attached hydrogen (secondary N) is 1. The van der Waals surface area contributed by atoms with Crippen molar-refractivity contribution in [3.8, 4) is 0 Å². The molecule has 1 aromatic carbocycles. The van der Waals surface area contributed by atoms with E-state index in [0.29, 0.717) is 17.4 Å². The van der Waals surface area contributed by atoms with E-state index < -0.39 is 0 Å². The van der Waals surface area contributed by atoms with Crippen LogP contribution in [0.2, 0.25) is 5.02 Å². The largest absolute Gasteiger partial charge is 0.310 e. The van der Waals surface area contributed by atoms with Crippen molar-refractivity contribution in [2.45, 2.75) is 6.54 Å². The molecule has 0 saturated heterocycles. The van der Waals surface area contributed by atoms with Gasteiger partial charge in [0.25, 0.3) is 0 Å². The van der Waals surface area contributed by atoms with Gasteiger partial charge in [0, 0.05) is 33.8 Å². The van der Waals surface area contributed by atoms with Crippen molar-refractivity contribution in [2.75, 3.05) is 18.9 Å². The van der Waals surface area contributed by atoms with Crippen LogP contribution < -0.4 is 5.32 Å². The third-order valence-electron chi connectivity index (χ3n) is 3.65. The highest BCUT2D eigenvalue weighted by Crippen LogP contribution is 2.25. The zero-order valence-electron chi connectivity index (χ0n) is 13.5. The van der Waals surface area contributed by atoms with E-state index >= 15 is 0 Å². The van der Waals surface area contributed by atoms with Crippen LogP contribution in [0.1, 0.15) is 5.56 Å². The third kappa shape index (κ3) is 4.54. The standard InChI is InChI=1S/C18H16BrClN4O/c1-24(11-17(25)23-16-7-5-13(19)9-22-16)10-12-4-6-15(20)14-3-2-8-21-18(12)14/h2-9H,10-11H2,1H3,(H,22,23,25). The van der Waals surface area contributed by atoms with Crippen molar-refractivity contribution >= 4 is 50.2 Å². The summed E-state index contributed by atoms with van der Waals surface area (Å²) < 4.78 is 0.865. The van der Waals surface area contributed by atoms with Crippen molar-refractivity contribution in [1.82, 2.24) is 14.9 Å². The van der Waals surface area contributed by atoms with E-state index in [1.165, 1.54) is 0 Å². The van der Waals surface area contributed by atoms with Crippen molar-refractivity contribution in [1.29, 1.82) is 0 Å². The van der Waals surface area contributed by atoms with E-state index in [0.717, 1.165) is 20.9 Å². The van der Waals surface area contributed by atoms with Crippen LogP contribution in [0.5, 0.6) is 0 Å². The minimum Gasteiger partial charge on any atom is -0.310 e. The zero-order valence-corrected chi connectivity index (χ0v) is 15.9. The van der Waals surface area contributed by atoms with E-state index in [1.54, 1.807) is 18.5 Å². The molecule has 0 atom stereocenters. The van der Waals surface area contributed by atoms with Gasteiger partial charge in [-0.25, -0.2) is 4.98 Å². The van der Waals surface area contributed by atoms with E-state index in [4.69, 9.17) is 11.6 Å². The molecule has 2 heterocycles. The molecule has 5 nitrogen and oxygen atoms in total. The summed E-state index contributed by atoms with van der Waals surface area (Å²) in [7, 11) is 1.89. The van der Waals surface area contributed by atoms with Gasteiger partial charge in [0.2, 0.25) is 5.91 Å².